The van der Waals surface area contributed by atoms with E-state index in [1.165, 1.54) is 19.3 Å². The van der Waals surface area contributed by atoms with E-state index in [1.807, 2.05) is 24.3 Å². The molecule has 128 valence electrons. The number of hydrogen-bond donors (Lipinski definition) is 1. The van der Waals surface area contributed by atoms with Crippen LogP contribution >= 0.6 is 36.4 Å². The monoisotopic (exact) mass is 377 g/mol. The van der Waals surface area contributed by atoms with Crippen LogP contribution in [0.2, 0.25) is 5.02 Å². The van der Waals surface area contributed by atoms with Gasteiger partial charge in [0.15, 0.2) is 5.76 Å². The van der Waals surface area contributed by atoms with E-state index in [1.54, 1.807) is 6.20 Å². The summed E-state index contributed by atoms with van der Waals surface area (Å²) >= 11 is 6.01. The van der Waals surface area contributed by atoms with Crippen molar-refractivity contribution >= 4 is 36.4 Å². The number of aromatic nitrogens is 1. The zero-order valence-electron chi connectivity index (χ0n) is 12.8. The smallest absolute Gasteiger partial charge is 0.209 e. The predicted octanol–water partition coefficient (Wildman–Crippen LogP) is 4.15. The van der Waals surface area contributed by atoms with Crippen LogP contribution in [0.1, 0.15) is 25.2 Å². The fraction of sp³-hybridized carbons (Fsp3) is 0.438. The molecule has 1 aliphatic heterocycles. The third-order valence-corrected chi connectivity index (χ3v) is 4.26. The van der Waals surface area contributed by atoms with Crippen molar-refractivity contribution < 1.29 is 4.42 Å². The molecular weight excluding hydrogens is 357 g/mol. The minimum Gasteiger partial charge on any atom is -0.439 e. The zero-order chi connectivity index (χ0) is 14.7. The lowest BCUT2D eigenvalue weighted by Gasteiger charge is -2.33. The molecule has 2 N–H and O–H groups in total. The fourth-order valence-corrected chi connectivity index (χ4v) is 3.06. The van der Waals surface area contributed by atoms with Crippen LogP contribution in [-0.2, 0) is 6.54 Å². The molecule has 4 nitrogen and oxygen atoms in total. The Morgan fingerprint density at radius 1 is 1.30 bits per heavy atom. The van der Waals surface area contributed by atoms with Crippen molar-refractivity contribution in [2.45, 2.75) is 31.8 Å². The summed E-state index contributed by atoms with van der Waals surface area (Å²) in [4.78, 5) is 6.76. The van der Waals surface area contributed by atoms with Gasteiger partial charge in [0, 0.05) is 23.2 Å². The van der Waals surface area contributed by atoms with Crippen molar-refractivity contribution in [3.05, 3.63) is 41.4 Å². The highest BCUT2D eigenvalue weighted by atomic mass is 35.5. The third-order valence-electron chi connectivity index (χ3n) is 4.02. The molecule has 1 aromatic carbocycles. The van der Waals surface area contributed by atoms with Gasteiger partial charge in [-0.2, -0.15) is 0 Å². The highest BCUT2D eigenvalue weighted by molar-refractivity contribution is 6.30. The first-order chi connectivity index (χ1) is 10.3. The van der Waals surface area contributed by atoms with Crippen molar-refractivity contribution in [3.63, 3.8) is 0 Å². The fourth-order valence-electron chi connectivity index (χ4n) is 2.87. The van der Waals surface area contributed by atoms with Crippen molar-refractivity contribution in [3.8, 4) is 11.3 Å². The number of hydrogen-bond acceptors (Lipinski definition) is 4. The number of likely N-dealkylation sites (tertiary alicyclic amines) is 1. The van der Waals surface area contributed by atoms with Crippen LogP contribution in [0.3, 0.4) is 0 Å². The van der Waals surface area contributed by atoms with Gasteiger partial charge in [-0.05, 0) is 31.5 Å². The summed E-state index contributed by atoms with van der Waals surface area (Å²) in [6.45, 7) is 2.49. The maximum Gasteiger partial charge on any atom is 0.209 e. The second kappa shape index (κ2) is 9.50. The van der Waals surface area contributed by atoms with Gasteiger partial charge in [-0.1, -0.05) is 30.2 Å². The SMILES string of the molecule is Cl.Cl.NCC1CCCCN1Cc1ncc(-c2cccc(Cl)c2)o1. The maximum absolute atomic E-state index is 6.01. The Kier molecular flexibility index (Phi) is 8.37. The highest BCUT2D eigenvalue weighted by Crippen LogP contribution is 2.25. The molecule has 1 aromatic heterocycles. The molecular formula is C16H22Cl3N3O. The topological polar surface area (TPSA) is 55.3 Å². The molecule has 7 heteroatoms. The van der Waals surface area contributed by atoms with E-state index in [2.05, 4.69) is 9.88 Å². The van der Waals surface area contributed by atoms with E-state index < -0.39 is 0 Å². The standard InChI is InChI=1S/C16H20ClN3O.2ClH/c17-13-5-3-4-12(8-13)15-10-19-16(21-15)11-20-7-2-1-6-14(20)9-18;;/h3-5,8,10,14H,1-2,6-7,9,11,18H2;2*1H. The van der Waals surface area contributed by atoms with Crippen LogP contribution < -0.4 is 5.73 Å². The van der Waals surface area contributed by atoms with E-state index in [9.17, 15) is 0 Å². The summed E-state index contributed by atoms with van der Waals surface area (Å²) in [5.41, 5.74) is 6.81. The second-order valence-corrected chi connectivity index (χ2v) is 5.92. The molecule has 23 heavy (non-hydrogen) atoms. The van der Waals surface area contributed by atoms with E-state index in [4.69, 9.17) is 21.8 Å². The van der Waals surface area contributed by atoms with Gasteiger partial charge in [-0.25, -0.2) is 4.98 Å². The van der Waals surface area contributed by atoms with Crippen LogP contribution in [0.4, 0.5) is 0 Å². The van der Waals surface area contributed by atoms with Gasteiger partial charge in [-0.15, -0.1) is 24.8 Å². The van der Waals surface area contributed by atoms with Crippen molar-refractivity contribution in [1.82, 2.24) is 9.88 Å². The molecule has 1 atom stereocenters. The Labute approximate surface area is 154 Å². The first-order valence-electron chi connectivity index (χ1n) is 7.41. The summed E-state index contributed by atoms with van der Waals surface area (Å²) in [6, 6.07) is 8.06. The van der Waals surface area contributed by atoms with Crippen LogP contribution in [0.15, 0.2) is 34.9 Å². The molecule has 3 rings (SSSR count). The summed E-state index contributed by atoms with van der Waals surface area (Å²) in [5.74, 6) is 1.50. The number of rotatable bonds is 4. The first-order valence-corrected chi connectivity index (χ1v) is 7.79. The average Bonchev–Trinajstić information content (AvgIpc) is 2.96. The zero-order valence-corrected chi connectivity index (χ0v) is 15.2. The number of oxazole rings is 1. The summed E-state index contributed by atoms with van der Waals surface area (Å²) in [5, 5.41) is 0.699. The number of benzene rings is 1. The Bertz CT molecular complexity index is 606. The first kappa shape index (κ1) is 20.3. The Hall–Kier alpha value is -0.780. The molecule has 2 aromatic rings. The molecule has 0 amide bonds. The van der Waals surface area contributed by atoms with Gasteiger partial charge in [-0.3, -0.25) is 4.90 Å². The van der Waals surface area contributed by atoms with Crippen molar-refractivity contribution in [1.29, 1.82) is 0 Å². The number of piperidine rings is 1. The highest BCUT2D eigenvalue weighted by Gasteiger charge is 2.22. The number of nitrogens with two attached hydrogens (primary N) is 1. The molecule has 1 fully saturated rings. The molecule has 0 spiro atoms. The third kappa shape index (κ3) is 5.10. The van der Waals surface area contributed by atoms with Crippen LogP contribution in [0.5, 0.6) is 0 Å². The molecule has 1 unspecified atom stereocenters. The van der Waals surface area contributed by atoms with Gasteiger partial charge < -0.3 is 10.2 Å². The Morgan fingerprint density at radius 3 is 2.87 bits per heavy atom. The molecule has 0 saturated carbocycles. The van der Waals surface area contributed by atoms with E-state index in [0.717, 1.165) is 30.3 Å². The van der Waals surface area contributed by atoms with Gasteiger partial charge in [0.05, 0.1) is 12.7 Å². The van der Waals surface area contributed by atoms with Gasteiger partial charge in [0.25, 0.3) is 0 Å². The van der Waals surface area contributed by atoms with E-state index in [-0.39, 0.29) is 24.8 Å². The van der Waals surface area contributed by atoms with E-state index >= 15 is 0 Å². The van der Waals surface area contributed by atoms with Crippen LogP contribution in [0, 0.1) is 0 Å². The minimum atomic E-state index is 0. The predicted molar refractivity (Wildman–Crippen MR) is 98.5 cm³/mol. The normalized spacial score (nSPS) is 18.1. The lowest BCUT2D eigenvalue weighted by molar-refractivity contribution is 0.132. The average molecular weight is 379 g/mol. The van der Waals surface area contributed by atoms with Crippen LogP contribution in [0.25, 0.3) is 11.3 Å². The molecule has 1 saturated heterocycles. The quantitative estimate of drug-likeness (QED) is 0.868. The minimum absolute atomic E-state index is 0. The lowest BCUT2D eigenvalue weighted by atomic mass is 10.0. The molecule has 1 aliphatic rings. The number of halogens is 3. The molecule has 0 bridgehead atoms. The van der Waals surface area contributed by atoms with Gasteiger partial charge in [0.2, 0.25) is 5.89 Å². The molecule has 0 aliphatic carbocycles. The molecule has 0 radical (unpaired) electrons. The van der Waals surface area contributed by atoms with Crippen molar-refractivity contribution in [2.24, 2.45) is 5.73 Å². The van der Waals surface area contributed by atoms with Crippen molar-refractivity contribution in [2.75, 3.05) is 13.1 Å². The van der Waals surface area contributed by atoms with E-state index in [0.29, 0.717) is 17.6 Å². The lowest BCUT2D eigenvalue weighted by Crippen LogP contribution is -2.43. The number of nitrogens with zero attached hydrogens (tertiary/aromatic N) is 2. The Morgan fingerprint density at radius 2 is 2.13 bits per heavy atom. The Balaban J connectivity index is 0.00000132. The summed E-state index contributed by atoms with van der Waals surface area (Å²) in [7, 11) is 0. The summed E-state index contributed by atoms with van der Waals surface area (Å²) < 4.78 is 5.87. The summed E-state index contributed by atoms with van der Waals surface area (Å²) in [6.07, 6.45) is 5.41. The van der Waals surface area contributed by atoms with Crippen LogP contribution in [-0.4, -0.2) is 29.0 Å². The van der Waals surface area contributed by atoms with Gasteiger partial charge in [0.1, 0.15) is 0 Å². The van der Waals surface area contributed by atoms with Gasteiger partial charge >= 0.3 is 0 Å². The molecule has 2 heterocycles. The largest absolute Gasteiger partial charge is 0.439 e. The second-order valence-electron chi connectivity index (χ2n) is 5.48. The maximum atomic E-state index is 6.01.